The van der Waals surface area contributed by atoms with E-state index in [1.165, 1.54) is 103 Å². The summed E-state index contributed by atoms with van der Waals surface area (Å²) in [6.45, 7) is 6.28. The number of hydrogen-bond acceptors (Lipinski definition) is 5. The Labute approximate surface area is 333 Å². The first kappa shape index (κ1) is 51.6. The predicted octanol–water partition coefficient (Wildman–Crippen LogP) is 12.9. The number of aliphatic hydroxyl groups excluding tert-OH is 2. The lowest BCUT2D eigenvalue weighted by Crippen LogP contribution is -2.46. The molecule has 0 aromatic heterocycles. The maximum absolute atomic E-state index is 13.1. The number of aliphatic hydroxyl groups is 2. The third kappa shape index (κ3) is 36.5. The number of amides is 1. The summed E-state index contributed by atoms with van der Waals surface area (Å²) in [6.07, 6.45) is 50.0. The van der Waals surface area contributed by atoms with Gasteiger partial charge in [-0.15, -0.1) is 0 Å². The maximum Gasteiger partial charge on any atom is 0.306 e. The normalized spacial score (nSPS) is 13.9. The van der Waals surface area contributed by atoms with Gasteiger partial charge in [-0.2, -0.15) is 0 Å². The molecule has 312 valence electrons. The third-order valence-corrected chi connectivity index (χ3v) is 9.99. The molecule has 0 radical (unpaired) electrons. The van der Waals surface area contributed by atoms with Crippen molar-refractivity contribution in [2.75, 3.05) is 6.61 Å². The lowest BCUT2D eigenvalue weighted by molar-refractivity contribution is -0.151. The fraction of sp³-hybridized carbons (Fsp3) is 0.750. The smallest absolute Gasteiger partial charge is 0.306 e. The van der Waals surface area contributed by atoms with Crippen LogP contribution in [0.3, 0.4) is 0 Å². The molecule has 0 aliphatic carbocycles. The summed E-state index contributed by atoms with van der Waals surface area (Å²) in [6, 6.07) is -0.722. The van der Waals surface area contributed by atoms with E-state index in [0.29, 0.717) is 19.3 Å². The van der Waals surface area contributed by atoms with Crippen LogP contribution < -0.4 is 5.32 Å². The molecule has 0 saturated heterocycles. The highest BCUT2D eigenvalue weighted by Gasteiger charge is 2.24. The Balaban J connectivity index is 4.74. The second kappa shape index (κ2) is 41.7. The van der Waals surface area contributed by atoms with Crippen LogP contribution >= 0.6 is 0 Å². The molecule has 6 nitrogen and oxygen atoms in total. The molecule has 6 heteroatoms. The monoisotopic (exact) mass is 756 g/mol. The van der Waals surface area contributed by atoms with Crippen LogP contribution in [0.25, 0.3) is 0 Å². The molecule has 3 N–H and O–H groups in total. The molecule has 0 heterocycles. The van der Waals surface area contributed by atoms with Gasteiger partial charge >= 0.3 is 5.97 Å². The van der Waals surface area contributed by atoms with Gasteiger partial charge in [-0.3, -0.25) is 9.59 Å². The average Bonchev–Trinajstić information content (AvgIpc) is 3.16. The quantitative estimate of drug-likeness (QED) is 0.0330. The van der Waals surface area contributed by atoms with Gasteiger partial charge in [-0.25, -0.2) is 0 Å². The summed E-state index contributed by atoms with van der Waals surface area (Å²) in [5, 5.41) is 23.6. The molecular formula is C48H85NO5. The van der Waals surface area contributed by atoms with Gasteiger partial charge in [0.05, 0.1) is 25.2 Å². The van der Waals surface area contributed by atoms with Gasteiger partial charge < -0.3 is 20.3 Å². The van der Waals surface area contributed by atoms with E-state index < -0.39 is 18.2 Å². The van der Waals surface area contributed by atoms with Crippen LogP contribution in [-0.2, 0) is 14.3 Å². The fourth-order valence-corrected chi connectivity index (χ4v) is 6.57. The maximum atomic E-state index is 13.1. The van der Waals surface area contributed by atoms with Crippen LogP contribution in [0.1, 0.15) is 207 Å². The van der Waals surface area contributed by atoms with Gasteiger partial charge in [0.25, 0.3) is 0 Å². The van der Waals surface area contributed by atoms with E-state index in [2.05, 4.69) is 38.2 Å². The molecule has 0 aromatic carbocycles. The molecule has 0 aliphatic rings. The van der Waals surface area contributed by atoms with Crippen molar-refractivity contribution in [2.45, 2.75) is 225 Å². The zero-order valence-corrected chi connectivity index (χ0v) is 35.3. The molecule has 3 atom stereocenters. The van der Waals surface area contributed by atoms with Crippen molar-refractivity contribution < 1.29 is 24.5 Å². The van der Waals surface area contributed by atoms with E-state index in [-0.39, 0.29) is 24.9 Å². The first-order valence-corrected chi connectivity index (χ1v) is 22.6. The molecular weight excluding hydrogens is 671 g/mol. The van der Waals surface area contributed by atoms with Crippen LogP contribution in [0.2, 0.25) is 0 Å². The summed E-state index contributed by atoms with van der Waals surface area (Å²) >= 11 is 0. The number of esters is 1. The standard InChI is InChI=1S/C48H85NO5/c1-4-7-10-13-16-19-22-24-25-27-30-33-36-39-44(54-48(53)41-38-35-32-29-26-23-20-17-14-11-8-5-2)42-47(52)49-45(43-50)46(51)40-37-34-31-28-21-18-15-12-9-6-3/h7,10,13,16,19,22,24-25,27,30,44-46,50-51H,4-6,8-9,11-12,14-15,17-18,20-21,23,26,28-29,31-43H2,1-3H3,(H,49,52)/b10-7+,16-13+,22-19-,25-24-,30-27+. The zero-order chi connectivity index (χ0) is 39.6. The van der Waals surface area contributed by atoms with Crippen LogP contribution in [0.15, 0.2) is 60.8 Å². The average molecular weight is 756 g/mol. The van der Waals surface area contributed by atoms with E-state index in [9.17, 15) is 19.8 Å². The van der Waals surface area contributed by atoms with Crippen LogP contribution in [0.4, 0.5) is 0 Å². The molecule has 0 aromatic rings. The largest absolute Gasteiger partial charge is 0.462 e. The highest BCUT2D eigenvalue weighted by atomic mass is 16.5. The summed E-state index contributed by atoms with van der Waals surface area (Å²) in [4.78, 5) is 25.9. The van der Waals surface area contributed by atoms with Crippen LogP contribution in [0.5, 0.6) is 0 Å². The summed E-state index contributed by atoms with van der Waals surface area (Å²) in [7, 11) is 0. The Morgan fingerprint density at radius 1 is 0.556 bits per heavy atom. The molecule has 3 unspecified atom stereocenters. The Morgan fingerprint density at radius 2 is 1.00 bits per heavy atom. The minimum atomic E-state index is -0.804. The topological polar surface area (TPSA) is 95.9 Å². The minimum Gasteiger partial charge on any atom is -0.462 e. The van der Waals surface area contributed by atoms with Crippen molar-refractivity contribution in [3.05, 3.63) is 60.8 Å². The van der Waals surface area contributed by atoms with Gasteiger partial charge in [0.2, 0.25) is 5.91 Å². The first-order valence-electron chi connectivity index (χ1n) is 22.6. The SMILES string of the molecule is CC/C=C/C=C/C=C\C=C/C=C/CCCC(CC(=O)NC(CO)C(O)CCCCCCCCCCCC)OC(=O)CCCCCCCCCCCCCC. The number of ether oxygens (including phenoxy) is 1. The molecule has 0 bridgehead atoms. The van der Waals surface area contributed by atoms with Crippen molar-refractivity contribution in [1.29, 1.82) is 0 Å². The molecule has 0 fully saturated rings. The number of carbonyl (C=O) groups excluding carboxylic acids is 2. The predicted molar refractivity (Wildman–Crippen MR) is 232 cm³/mol. The second-order valence-corrected chi connectivity index (χ2v) is 15.2. The molecule has 1 amide bonds. The highest BCUT2D eigenvalue weighted by Crippen LogP contribution is 2.17. The molecule has 0 saturated carbocycles. The van der Waals surface area contributed by atoms with Crippen molar-refractivity contribution in [3.8, 4) is 0 Å². The van der Waals surface area contributed by atoms with Gasteiger partial charge in [-0.1, -0.05) is 216 Å². The third-order valence-electron chi connectivity index (χ3n) is 9.99. The summed E-state index contributed by atoms with van der Waals surface area (Å²) < 4.78 is 5.86. The molecule has 0 aliphatic heterocycles. The Kier molecular flexibility index (Phi) is 39.8. The van der Waals surface area contributed by atoms with Crippen molar-refractivity contribution in [2.24, 2.45) is 0 Å². The van der Waals surface area contributed by atoms with Gasteiger partial charge in [0, 0.05) is 6.42 Å². The van der Waals surface area contributed by atoms with Crippen LogP contribution in [0, 0.1) is 0 Å². The lowest BCUT2D eigenvalue weighted by Gasteiger charge is -2.24. The summed E-state index contributed by atoms with van der Waals surface area (Å²) in [5.74, 6) is -0.548. The van der Waals surface area contributed by atoms with E-state index in [4.69, 9.17) is 4.74 Å². The highest BCUT2D eigenvalue weighted by molar-refractivity contribution is 5.77. The van der Waals surface area contributed by atoms with Crippen molar-refractivity contribution in [3.63, 3.8) is 0 Å². The van der Waals surface area contributed by atoms with Gasteiger partial charge in [0.1, 0.15) is 6.10 Å². The Hall–Kier alpha value is -2.44. The van der Waals surface area contributed by atoms with Crippen molar-refractivity contribution >= 4 is 11.9 Å². The van der Waals surface area contributed by atoms with E-state index in [1.54, 1.807) is 0 Å². The number of rotatable bonds is 39. The number of unbranched alkanes of at least 4 members (excludes halogenated alkanes) is 21. The number of hydrogen-bond donors (Lipinski definition) is 3. The number of allylic oxidation sites excluding steroid dienone is 10. The van der Waals surface area contributed by atoms with E-state index in [0.717, 1.165) is 57.8 Å². The Morgan fingerprint density at radius 3 is 1.48 bits per heavy atom. The Bertz CT molecular complexity index is 984. The van der Waals surface area contributed by atoms with Crippen LogP contribution in [-0.4, -0.2) is 46.9 Å². The second-order valence-electron chi connectivity index (χ2n) is 15.2. The van der Waals surface area contributed by atoms with E-state index in [1.807, 2.05) is 48.6 Å². The summed E-state index contributed by atoms with van der Waals surface area (Å²) in [5.41, 5.74) is 0. The van der Waals surface area contributed by atoms with Gasteiger partial charge in [-0.05, 0) is 38.5 Å². The number of carbonyl (C=O) groups is 2. The lowest BCUT2D eigenvalue weighted by atomic mass is 10.0. The molecule has 0 rings (SSSR count). The minimum absolute atomic E-state index is 0.0288. The van der Waals surface area contributed by atoms with Crippen molar-refractivity contribution in [1.82, 2.24) is 5.32 Å². The van der Waals surface area contributed by atoms with E-state index >= 15 is 0 Å². The first-order chi connectivity index (χ1) is 26.5. The molecule has 54 heavy (non-hydrogen) atoms. The fourth-order valence-electron chi connectivity index (χ4n) is 6.57. The van der Waals surface area contributed by atoms with Gasteiger partial charge in [0.15, 0.2) is 0 Å². The number of nitrogens with one attached hydrogen (secondary N) is 1. The zero-order valence-electron chi connectivity index (χ0n) is 35.3. The molecule has 0 spiro atoms.